The van der Waals surface area contributed by atoms with E-state index in [1.165, 1.54) is 17.9 Å². The van der Waals surface area contributed by atoms with Crippen LogP contribution in [0.2, 0.25) is 0 Å². The summed E-state index contributed by atoms with van der Waals surface area (Å²) in [6.07, 6.45) is 2.02. The van der Waals surface area contributed by atoms with Crippen molar-refractivity contribution in [2.75, 3.05) is 14.2 Å². The third kappa shape index (κ3) is 6.60. The van der Waals surface area contributed by atoms with Crippen LogP contribution in [0.3, 0.4) is 0 Å². The minimum absolute atomic E-state index is 0.848. The van der Waals surface area contributed by atoms with E-state index < -0.39 is 5.97 Å². The predicted octanol–water partition coefficient (Wildman–Crippen LogP) is 4.48. The lowest BCUT2D eigenvalue weighted by Gasteiger charge is -1.98. The van der Waals surface area contributed by atoms with Crippen LogP contribution in [0.15, 0.2) is 79.1 Å². The van der Waals surface area contributed by atoms with Crippen molar-refractivity contribution in [1.82, 2.24) is 0 Å². The van der Waals surface area contributed by atoms with Crippen LogP contribution < -0.4 is 4.74 Å². The Kier molecular flexibility index (Phi) is 7.50. The maximum absolute atomic E-state index is 9.59. The summed E-state index contributed by atoms with van der Waals surface area (Å²) in [7, 11) is 3.05. The second-order valence-electron chi connectivity index (χ2n) is 5.42. The number of benzene rings is 3. The van der Waals surface area contributed by atoms with Gasteiger partial charge in [-0.3, -0.25) is 0 Å². The fraction of sp³-hybridized carbons (Fsp3) is 0.0870. The van der Waals surface area contributed by atoms with Crippen molar-refractivity contribution >= 4 is 16.7 Å². The molecule has 0 unspecified atom stereocenters. The summed E-state index contributed by atoms with van der Waals surface area (Å²) in [4.78, 5) is 9.59. The van der Waals surface area contributed by atoms with Gasteiger partial charge in [0, 0.05) is 11.1 Å². The number of carbonyl (C=O) groups is 1. The highest BCUT2D eigenvalue weighted by atomic mass is 16.5. The van der Waals surface area contributed by atoms with Gasteiger partial charge in [0.15, 0.2) is 0 Å². The molecule has 0 saturated carbocycles. The SMILES string of the molecule is CO/C=C/C(=O)O.COc1ccc(C#Cc2ccc3ccccc3c2)cc1. The number of aliphatic carboxylic acids is 1. The Hall–Kier alpha value is -3.71. The van der Waals surface area contributed by atoms with Gasteiger partial charge in [-0.25, -0.2) is 4.79 Å². The van der Waals surface area contributed by atoms with E-state index in [-0.39, 0.29) is 0 Å². The van der Waals surface area contributed by atoms with Crippen LogP contribution in [0.1, 0.15) is 11.1 Å². The van der Waals surface area contributed by atoms with Crippen LogP contribution >= 0.6 is 0 Å². The number of rotatable bonds is 3. The monoisotopic (exact) mass is 360 g/mol. The molecule has 4 heteroatoms. The summed E-state index contributed by atoms with van der Waals surface area (Å²) in [6.45, 7) is 0. The van der Waals surface area contributed by atoms with Crippen molar-refractivity contribution < 1.29 is 19.4 Å². The highest BCUT2D eigenvalue weighted by Gasteiger charge is 1.93. The van der Waals surface area contributed by atoms with E-state index in [4.69, 9.17) is 9.84 Å². The van der Waals surface area contributed by atoms with Crippen LogP contribution in [0, 0.1) is 11.8 Å². The zero-order valence-electron chi connectivity index (χ0n) is 15.2. The summed E-state index contributed by atoms with van der Waals surface area (Å²) >= 11 is 0. The minimum Gasteiger partial charge on any atom is -0.504 e. The van der Waals surface area contributed by atoms with Crippen LogP contribution in [-0.2, 0) is 9.53 Å². The average molecular weight is 360 g/mol. The molecule has 136 valence electrons. The number of ether oxygens (including phenoxy) is 2. The Morgan fingerprint density at radius 2 is 1.52 bits per heavy atom. The molecule has 27 heavy (non-hydrogen) atoms. The van der Waals surface area contributed by atoms with Crippen LogP contribution in [-0.4, -0.2) is 25.3 Å². The molecule has 0 saturated heterocycles. The lowest BCUT2D eigenvalue weighted by Crippen LogP contribution is -1.85. The lowest BCUT2D eigenvalue weighted by atomic mass is 10.1. The maximum atomic E-state index is 9.59. The predicted molar refractivity (Wildman–Crippen MR) is 107 cm³/mol. The minimum atomic E-state index is -0.998. The number of carboxylic acid groups (broad SMARTS) is 1. The van der Waals surface area contributed by atoms with Gasteiger partial charge in [-0.15, -0.1) is 0 Å². The number of fused-ring (bicyclic) bond motifs is 1. The largest absolute Gasteiger partial charge is 0.504 e. The third-order valence-electron chi connectivity index (χ3n) is 3.54. The van der Waals surface area contributed by atoms with Gasteiger partial charge in [-0.2, -0.15) is 0 Å². The Morgan fingerprint density at radius 3 is 2.11 bits per heavy atom. The van der Waals surface area contributed by atoms with Gasteiger partial charge < -0.3 is 14.6 Å². The lowest BCUT2D eigenvalue weighted by molar-refractivity contribution is -0.131. The summed E-state index contributed by atoms with van der Waals surface area (Å²) in [5.41, 5.74) is 2.01. The highest BCUT2D eigenvalue weighted by Crippen LogP contribution is 2.15. The molecule has 0 aromatic heterocycles. The average Bonchev–Trinajstić information content (AvgIpc) is 2.71. The quantitative estimate of drug-likeness (QED) is 0.425. The van der Waals surface area contributed by atoms with Crippen molar-refractivity contribution in [3.8, 4) is 17.6 Å². The molecule has 0 amide bonds. The first-order valence-electron chi connectivity index (χ1n) is 8.19. The molecule has 1 N–H and O–H groups in total. The van der Waals surface area contributed by atoms with Crippen LogP contribution in [0.5, 0.6) is 5.75 Å². The number of hydrogen-bond acceptors (Lipinski definition) is 3. The molecule has 0 aliphatic carbocycles. The standard InChI is InChI=1S/C19H14O.C4H6O3/c1-20-19-12-9-15(10-13-19)6-7-16-8-11-17-4-2-3-5-18(17)14-16;1-7-3-2-4(5)6/h2-5,8-14H,1H3;2-3H,1H3,(H,5,6)/b;3-2+. The molecule has 0 bridgehead atoms. The molecule has 3 aromatic rings. The molecule has 3 aromatic carbocycles. The van der Waals surface area contributed by atoms with Crippen molar-refractivity contribution in [2.45, 2.75) is 0 Å². The summed E-state index contributed by atoms with van der Waals surface area (Å²) in [6, 6.07) is 22.4. The summed E-state index contributed by atoms with van der Waals surface area (Å²) in [5.74, 6) is 6.22. The van der Waals surface area contributed by atoms with Crippen molar-refractivity contribution in [2.24, 2.45) is 0 Å². The summed E-state index contributed by atoms with van der Waals surface area (Å²) in [5, 5.41) is 10.3. The Labute approximate surface area is 158 Å². The van der Waals surface area contributed by atoms with E-state index in [1.807, 2.05) is 36.4 Å². The second-order valence-corrected chi connectivity index (χ2v) is 5.42. The Bertz CT molecular complexity index is 976. The fourth-order valence-electron chi connectivity index (χ4n) is 2.21. The molecule has 0 fully saturated rings. The van der Waals surface area contributed by atoms with Gasteiger partial charge in [0.2, 0.25) is 0 Å². The number of hydrogen-bond donors (Lipinski definition) is 1. The van der Waals surface area contributed by atoms with Gasteiger partial charge in [0.25, 0.3) is 0 Å². The molecular weight excluding hydrogens is 340 g/mol. The van der Waals surface area contributed by atoms with E-state index in [0.29, 0.717) is 0 Å². The second kappa shape index (κ2) is 10.3. The van der Waals surface area contributed by atoms with Gasteiger partial charge in [-0.05, 0) is 47.2 Å². The summed E-state index contributed by atoms with van der Waals surface area (Å²) < 4.78 is 9.42. The number of methoxy groups -OCH3 is 2. The molecule has 0 aliphatic rings. The van der Waals surface area contributed by atoms with E-state index in [2.05, 4.69) is 46.9 Å². The molecule has 4 nitrogen and oxygen atoms in total. The first-order chi connectivity index (χ1) is 13.1. The van der Waals surface area contributed by atoms with E-state index in [1.54, 1.807) is 7.11 Å². The molecular formula is C23H20O4. The topological polar surface area (TPSA) is 55.8 Å². The van der Waals surface area contributed by atoms with Crippen molar-refractivity contribution in [3.05, 3.63) is 90.2 Å². The van der Waals surface area contributed by atoms with E-state index in [0.717, 1.165) is 29.2 Å². The molecule has 0 aliphatic heterocycles. The van der Waals surface area contributed by atoms with Gasteiger partial charge in [-0.1, -0.05) is 42.2 Å². The molecule has 0 heterocycles. The third-order valence-corrected chi connectivity index (χ3v) is 3.54. The number of carboxylic acids is 1. The molecule has 0 spiro atoms. The zero-order chi connectivity index (χ0) is 19.5. The molecule has 0 radical (unpaired) electrons. The maximum Gasteiger partial charge on any atom is 0.331 e. The van der Waals surface area contributed by atoms with Gasteiger partial charge in [0.05, 0.1) is 26.6 Å². The fourth-order valence-corrected chi connectivity index (χ4v) is 2.21. The highest BCUT2D eigenvalue weighted by molar-refractivity contribution is 5.83. The van der Waals surface area contributed by atoms with Crippen LogP contribution in [0.25, 0.3) is 10.8 Å². The normalized spacial score (nSPS) is 9.70. The first kappa shape index (κ1) is 19.6. The van der Waals surface area contributed by atoms with Gasteiger partial charge >= 0.3 is 5.97 Å². The van der Waals surface area contributed by atoms with E-state index >= 15 is 0 Å². The zero-order valence-corrected chi connectivity index (χ0v) is 15.2. The van der Waals surface area contributed by atoms with Gasteiger partial charge in [0.1, 0.15) is 5.75 Å². The first-order valence-corrected chi connectivity index (χ1v) is 8.19. The van der Waals surface area contributed by atoms with Crippen molar-refractivity contribution in [3.63, 3.8) is 0 Å². The van der Waals surface area contributed by atoms with Crippen LogP contribution in [0.4, 0.5) is 0 Å². The Balaban J connectivity index is 0.000000321. The molecule has 0 atom stereocenters. The van der Waals surface area contributed by atoms with Crippen molar-refractivity contribution in [1.29, 1.82) is 0 Å². The molecule has 3 rings (SSSR count). The Morgan fingerprint density at radius 1 is 0.889 bits per heavy atom. The van der Waals surface area contributed by atoms with E-state index in [9.17, 15) is 4.79 Å². The smallest absolute Gasteiger partial charge is 0.331 e.